The molecule has 0 radical (unpaired) electrons. The van der Waals surface area contributed by atoms with Gasteiger partial charge in [-0.3, -0.25) is 9.80 Å². The van der Waals surface area contributed by atoms with Crippen molar-refractivity contribution < 1.29 is 13.6 Å². The third-order valence-corrected chi connectivity index (χ3v) is 4.35. The van der Waals surface area contributed by atoms with Crippen LogP contribution in [0.15, 0.2) is 41.0 Å². The molecule has 128 valence electrons. The van der Waals surface area contributed by atoms with E-state index in [1.807, 2.05) is 31.1 Å². The fourth-order valence-corrected chi connectivity index (χ4v) is 3.07. The van der Waals surface area contributed by atoms with Crippen LogP contribution < -0.4 is 10.2 Å². The smallest absolute Gasteiger partial charge is 0.321 e. The van der Waals surface area contributed by atoms with Crippen LogP contribution in [0.3, 0.4) is 0 Å². The van der Waals surface area contributed by atoms with Gasteiger partial charge >= 0.3 is 6.03 Å². The second-order valence-electron chi connectivity index (χ2n) is 6.21. The molecular weight excluding hydrogens is 309 g/mol. The summed E-state index contributed by atoms with van der Waals surface area (Å²) in [6.07, 6.45) is 3.26. The lowest BCUT2D eigenvalue weighted by molar-refractivity contribution is 0.229. The second kappa shape index (κ2) is 7.05. The molecule has 0 spiro atoms. The number of nitrogens with zero attached hydrogens (tertiary/aromatic N) is 2. The highest BCUT2D eigenvalue weighted by Crippen LogP contribution is 2.28. The maximum Gasteiger partial charge on any atom is 0.321 e. The average molecular weight is 331 g/mol. The van der Waals surface area contributed by atoms with E-state index in [0.717, 1.165) is 29.9 Å². The predicted octanol–water partition coefficient (Wildman–Crippen LogP) is 3.18. The number of halogens is 1. The van der Waals surface area contributed by atoms with Crippen molar-refractivity contribution >= 4 is 11.7 Å². The highest BCUT2D eigenvalue weighted by molar-refractivity contribution is 5.93. The molecule has 3 rings (SSSR count). The summed E-state index contributed by atoms with van der Waals surface area (Å²) in [6, 6.07) is 8.12. The summed E-state index contributed by atoms with van der Waals surface area (Å²) >= 11 is 0. The van der Waals surface area contributed by atoms with Crippen molar-refractivity contribution in [2.45, 2.75) is 18.9 Å². The van der Waals surface area contributed by atoms with E-state index >= 15 is 0 Å². The first-order chi connectivity index (χ1) is 11.6. The fraction of sp³-hybridized carbons (Fsp3) is 0.389. The van der Waals surface area contributed by atoms with Crippen molar-refractivity contribution in [2.75, 3.05) is 32.1 Å². The Balaban J connectivity index is 1.70. The minimum Gasteiger partial charge on any atom is -0.468 e. The van der Waals surface area contributed by atoms with Crippen molar-refractivity contribution in [1.29, 1.82) is 0 Å². The van der Waals surface area contributed by atoms with Gasteiger partial charge in [0.2, 0.25) is 0 Å². The number of amides is 2. The summed E-state index contributed by atoms with van der Waals surface area (Å²) < 4.78 is 18.8. The van der Waals surface area contributed by atoms with E-state index in [1.54, 1.807) is 17.2 Å². The molecule has 2 aromatic rings. The van der Waals surface area contributed by atoms with E-state index < -0.39 is 0 Å². The molecule has 1 aliphatic heterocycles. The molecule has 24 heavy (non-hydrogen) atoms. The summed E-state index contributed by atoms with van der Waals surface area (Å²) in [4.78, 5) is 16.3. The van der Waals surface area contributed by atoms with Crippen molar-refractivity contribution in [3.63, 3.8) is 0 Å². The standard InChI is InChI=1S/C18H22FN3O2/c1-21(2)16(17-6-4-10-24-17)12-20-18(23)22-9-3-5-13-11-14(19)7-8-15(13)22/h4,6-8,10-11,16H,3,5,9,12H2,1-2H3,(H,20,23)/t16-/m0/s1. The molecule has 0 fully saturated rings. The number of likely N-dealkylation sites (N-methyl/N-ethyl adjacent to an activating group) is 1. The third kappa shape index (κ3) is 3.43. The highest BCUT2D eigenvalue weighted by atomic mass is 19.1. The van der Waals surface area contributed by atoms with E-state index in [4.69, 9.17) is 4.42 Å². The number of fused-ring (bicyclic) bond motifs is 1. The van der Waals surface area contributed by atoms with Crippen molar-refractivity contribution in [3.8, 4) is 0 Å². The van der Waals surface area contributed by atoms with Crippen molar-refractivity contribution in [1.82, 2.24) is 10.2 Å². The fourth-order valence-electron chi connectivity index (χ4n) is 3.07. The minimum atomic E-state index is -0.263. The summed E-state index contributed by atoms with van der Waals surface area (Å²) in [6.45, 7) is 1.07. The quantitative estimate of drug-likeness (QED) is 0.936. The summed E-state index contributed by atoms with van der Waals surface area (Å²) in [7, 11) is 3.89. The number of nitrogens with one attached hydrogen (secondary N) is 1. The summed E-state index contributed by atoms with van der Waals surface area (Å²) in [5.41, 5.74) is 1.67. The molecule has 0 aliphatic carbocycles. The van der Waals surface area contributed by atoms with Crippen molar-refractivity contribution in [3.05, 3.63) is 53.7 Å². The maximum absolute atomic E-state index is 13.4. The predicted molar refractivity (Wildman–Crippen MR) is 90.6 cm³/mol. The van der Waals surface area contributed by atoms with Gasteiger partial charge in [0.1, 0.15) is 11.6 Å². The molecule has 0 unspecified atom stereocenters. The van der Waals surface area contributed by atoms with Crippen LogP contribution in [-0.4, -0.2) is 38.1 Å². The van der Waals surface area contributed by atoms with Gasteiger partial charge in [0.15, 0.2) is 0 Å². The van der Waals surface area contributed by atoms with Crippen LogP contribution in [0.5, 0.6) is 0 Å². The van der Waals surface area contributed by atoms with Crippen LogP contribution >= 0.6 is 0 Å². The van der Waals surface area contributed by atoms with Crippen LogP contribution in [0, 0.1) is 5.82 Å². The number of anilines is 1. The molecule has 1 aromatic heterocycles. The molecular formula is C18H22FN3O2. The Bertz CT molecular complexity index is 700. The number of furan rings is 1. The van der Waals surface area contributed by atoms with Gasteiger partial charge in [-0.15, -0.1) is 0 Å². The molecule has 1 N–H and O–H groups in total. The van der Waals surface area contributed by atoms with E-state index in [1.165, 1.54) is 12.1 Å². The van der Waals surface area contributed by atoms with E-state index in [9.17, 15) is 9.18 Å². The van der Waals surface area contributed by atoms with Gasteiger partial charge in [-0.2, -0.15) is 0 Å². The Morgan fingerprint density at radius 2 is 2.25 bits per heavy atom. The minimum absolute atomic E-state index is 0.0403. The van der Waals surface area contributed by atoms with Gasteiger partial charge in [-0.1, -0.05) is 0 Å². The van der Waals surface area contributed by atoms with Gasteiger partial charge < -0.3 is 9.73 Å². The van der Waals surface area contributed by atoms with Crippen molar-refractivity contribution in [2.24, 2.45) is 0 Å². The Hall–Kier alpha value is -2.34. The molecule has 1 aliphatic rings. The number of carbonyl (C=O) groups is 1. The first-order valence-corrected chi connectivity index (χ1v) is 8.10. The number of urea groups is 1. The highest BCUT2D eigenvalue weighted by Gasteiger charge is 2.24. The number of rotatable bonds is 4. The molecule has 1 aromatic carbocycles. The van der Waals surface area contributed by atoms with Gasteiger partial charge in [0.05, 0.1) is 12.3 Å². The zero-order chi connectivity index (χ0) is 17.1. The largest absolute Gasteiger partial charge is 0.468 e. The van der Waals surface area contributed by atoms with Crippen LogP contribution in [0.25, 0.3) is 0 Å². The number of benzene rings is 1. The monoisotopic (exact) mass is 331 g/mol. The Kier molecular flexibility index (Phi) is 4.85. The van der Waals surface area contributed by atoms with E-state index in [2.05, 4.69) is 5.32 Å². The topological polar surface area (TPSA) is 48.7 Å². The SMILES string of the molecule is CN(C)[C@@H](CNC(=O)N1CCCc2cc(F)ccc21)c1ccco1. The Morgan fingerprint density at radius 3 is 2.96 bits per heavy atom. The zero-order valence-corrected chi connectivity index (χ0v) is 14.0. The zero-order valence-electron chi connectivity index (χ0n) is 14.0. The maximum atomic E-state index is 13.4. The lowest BCUT2D eigenvalue weighted by atomic mass is 10.0. The molecule has 6 heteroatoms. The number of aryl methyl sites for hydroxylation is 1. The van der Waals surface area contributed by atoms with Gasteiger partial charge in [-0.05, 0) is 62.8 Å². The summed E-state index contributed by atoms with van der Waals surface area (Å²) in [5, 5.41) is 2.97. The van der Waals surface area contributed by atoms with Crippen LogP contribution in [0.4, 0.5) is 14.9 Å². The Morgan fingerprint density at radius 1 is 1.42 bits per heavy atom. The number of hydrogen-bond donors (Lipinski definition) is 1. The average Bonchev–Trinajstić information content (AvgIpc) is 3.07. The van der Waals surface area contributed by atoms with E-state index in [-0.39, 0.29) is 17.9 Å². The lowest BCUT2D eigenvalue weighted by Crippen LogP contribution is -2.45. The molecule has 5 nitrogen and oxygen atoms in total. The lowest BCUT2D eigenvalue weighted by Gasteiger charge is -2.31. The first kappa shape index (κ1) is 16.5. The Labute approximate surface area is 141 Å². The first-order valence-electron chi connectivity index (χ1n) is 8.10. The van der Waals surface area contributed by atoms with Crippen LogP contribution in [0.2, 0.25) is 0 Å². The number of hydrogen-bond acceptors (Lipinski definition) is 3. The molecule has 2 amide bonds. The molecule has 0 saturated heterocycles. The van der Waals surface area contributed by atoms with Gasteiger partial charge in [0.25, 0.3) is 0 Å². The van der Waals surface area contributed by atoms with Crippen LogP contribution in [-0.2, 0) is 6.42 Å². The number of carbonyl (C=O) groups excluding carboxylic acids is 1. The third-order valence-electron chi connectivity index (χ3n) is 4.35. The molecule has 2 heterocycles. The second-order valence-corrected chi connectivity index (χ2v) is 6.21. The van der Waals surface area contributed by atoms with Crippen LogP contribution in [0.1, 0.15) is 23.8 Å². The van der Waals surface area contributed by atoms with Gasteiger partial charge in [0, 0.05) is 18.8 Å². The van der Waals surface area contributed by atoms with E-state index in [0.29, 0.717) is 13.1 Å². The normalized spacial score (nSPS) is 15.2. The molecule has 0 saturated carbocycles. The van der Waals surface area contributed by atoms with Gasteiger partial charge in [-0.25, -0.2) is 9.18 Å². The molecule has 1 atom stereocenters. The molecule has 0 bridgehead atoms. The summed E-state index contributed by atoms with van der Waals surface area (Å²) in [5.74, 6) is 0.544.